The molecule has 0 unspecified atom stereocenters. The Kier molecular flexibility index (Phi) is 5.38. The molecule has 6 nitrogen and oxygen atoms in total. The van der Waals surface area contributed by atoms with Crippen LogP contribution < -0.4 is 10.0 Å². The van der Waals surface area contributed by atoms with Crippen molar-refractivity contribution < 1.29 is 22.7 Å². The number of halogens is 1. The molecule has 0 heterocycles. The first kappa shape index (κ1) is 17.8. The number of sulfonamides is 1. The first-order valence-corrected chi connectivity index (χ1v) is 8.93. The highest BCUT2D eigenvalue weighted by atomic mass is 32.2. The van der Waals surface area contributed by atoms with E-state index in [9.17, 15) is 22.7 Å². The van der Waals surface area contributed by atoms with Gasteiger partial charge in [-0.25, -0.2) is 12.8 Å². The van der Waals surface area contributed by atoms with Crippen molar-refractivity contribution in [2.24, 2.45) is 5.41 Å². The molecular formula is C15H21FN2O4S. The SMILES string of the molecule is C[C@H](NS(=O)(=O)c1ccccc1F)C(=O)NCCC1(CO)CC1. The molecule has 1 aromatic rings. The van der Waals surface area contributed by atoms with Crippen LogP contribution in [0.4, 0.5) is 4.39 Å². The molecule has 0 radical (unpaired) electrons. The van der Waals surface area contributed by atoms with E-state index in [-0.39, 0.29) is 12.0 Å². The maximum absolute atomic E-state index is 13.6. The van der Waals surface area contributed by atoms with Crippen molar-refractivity contribution in [2.75, 3.05) is 13.2 Å². The van der Waals surface area contributed by atoms with Gasteiger partial charge in [0, 0.05) is 13.2 Å². The lowest BCUT2D eigenvalue weighted by molar-refractivity contribution is -0.122. The fraction of sp³-hybridized carbons (Fsp3) is 0.533. The highest BCUT2D eigenvalue weighted by Crippen LogP contribution is 2.47. The topological polar surface area (TPSA) is 95.5 Å². The van der Waals surface area contributed by atoms with Crippen LogP contribution in [0.1, 0.15) is 26.2 Å². The van der Waals surface area contributed by atoms with Crippen molar-refractivity contribution >= 4 is 15.9 Å². The Morgan fingerprint density at radius 3 is 2.61 bits per heavy atom. The molecule has 0 bridgehead atoms. The van der Waals surface area contributed by atoms with Crippen molar-refractivity contribution in [3.8, 4) is 0 Å². The van der Waals surface area contributed by atoms with E-state index in [0.717, 1.165) is 25.0 Å². The molecule has 1 aromatic carbocycles. The van der Waals surface area contributed by atoms with E-state index in [1.165, 1.54) is 19.1 Å². The quantitative estimate of drug-likeness (QED) is 0.649. The molecule has 2 rings (SSSR count). The lowest BCUT2D eigenvalue weighted by Gasteiger charge is -2.16. The molecule has 1 saturated carbocycles. The Morgan fingerprint density at radius 1 is 1.39 bits per heavy atom. The fourth-order valence-corrected chi connectivity index (χ4v) is 3.56. The summed E-state index contributed by atoms with van der Waals surface area (Å²) in [5.41, 5.74) is -0.0802. The number of benzene rings is 1. The van der Waals surface area contributed by atoms with E-state index in [2.05, 4.69) is 10.0 Å². The van der Waals surface area contributed by atoms with E-state index < -0.39 is 32.7 Å². The van der Waals surface area contributed by atoms with Crippen LogP contribution in [-0.2, 0) is 14.8 Å². The summed E-state index contributed by atoms with van der Waals surface area (Å²) in [6, 6.07) is 3.96. The lowest BCUT2D eigenvalue weighted by Crippen LogP contribution is -2.45. The second-order valence-electron chi connectivity index (χ2n) is 5.97. The Morgan fingerprint density at radius 2 is 2.04 bits per heavy atom. The summed E-state index contributed by atoms with van der Waals surface area (Å²) in [5, 5.41) is 11.8. The minimum absolute atomic E-state index is 0.0802. The Labute approximate surface area is 135 Å². The van der Waals surface area contributed by atoms with Crippen LogP contribution in [0.25, 0.3) is 0 Å². The molecule has 1 amide bonds. The molecule has 23 heavy (non-hydrogen) atoms. The van der Waals surface area contributed by atoms with Gasteiger partial charge in [-0.3, -0.25) is 4.79 Å². The third-order valence-electron chi connectivity index (χ3n) is 4.10. The van der Waals surface area contributed by atoms with Crippen molar-refractivity contribution in [1.29, 1.82) is 0 Å². The summed E-state index contributed by atoms with van der Waals surface area (Å²) in [7, 11) is -4.11. The van der Waals surface area contributed by atoms with Crippen LogP contribution in [-0.4, -0.2) is 38.6 Å². The van der Waals surface area contributed by atoms with E-state index in [0.29, 0.717) is 13.0 Å². The number of hydrogen-bond acceptors (Lipinski definition) is 4. The average molecular weight is 344 g/mol. The van der Waals surface area contributed by atoms with Crippen molar-refractivity contribution in [3.63, 3.8) is 0 Å². The van der Waals surface area contributed by atoms with Gasteiger partial charge < -0.3 is 10.4 Å². The van der Waals surface area contributed by atoms with E-state index in [1.54, 1.807) is 0 Å². The summed E-state index contributed by atoms with van der Waals surface area (Å²) < 4.78 is 39.9. The van der Waals surface area contributed by atoms with Crippen LogP contribution in [0, 0.1) is 11.2 Å². The summed E-state index contributed by atoms with van der Waals surface area (Å²) in [5.74, 6) is -1.36. The second kappa shape index (κ2) is 6.94. The van der Waals surface area contributed by atoms with Gasteiger partial charge in [-0.2, -0.15) is 4.72 Å². The van der Waals surface area contributed by atoms with E-state index >= 15 is 0 Å². The van der Waals surface area contributed by atoms with Gasteiger partial charge in [0.1, 0.15) is 10.7 Å². The van der Waals surface area contributed by atoms with Gasteiger partial charge in [-0.1, -0.05) is 12.1 Å². The number of carbonyl (C=O) groups excluding carboxylic acids is 1. The normalized spacial score (nSPS) is 17.5. The summed E-state index contributed by atoms with van der Waals surface area (Å²) >= 11 is 0. The molecule has 1 fully saturated rings. The highest BCUT2D eigenvalue weighted by molar-refractivity contribution is 7.89. The molecule has 3 N–H and O–H groups in total. The van der Waals surface area contributed by atoms with Crippen LogP contribution in [0.2, 0.25) is 0 Å². The highest BCUT2D eigenvalue weighted by Gasteiger charge is 2.41. The number of hydrogen-bond donors (Lipinski definition) is 3. The smallest absolute Gasteiger partial charge is 0.244 e. The Hall–Kier alpha value is -1.51. The maximum atomic E-state index is 13.6. The monoisotopic (exact) mass is 344 g/mol. The Balaban J connectivity index is 1.89. The number of nitrogens with one attached hydrogen (secondary N) is 2. The van der Waals surface area contributed by atoms with Crippen molar-refractivity contribution in [1.82, 2.24) is 10.0 Å². The third kappa shape index (κ3) is 4.49. The predicted octanol–water partition coefficient (Wildman–Crippen LogP) is 0.771. The average Bonchev–Trinajstić information content (AvgIpc) is 3.27. The fourth-order valence-electron chi connectivity index (χ4n) is 2.28. The summed E-state index contributed by atoms with van der Waals surface area (Å²) in [4.78, 5) is 11.4. The first-order valence-electron chi connectivity index (χ1n) is 7.45. The largest absolute Gasteiger partial charge is 0.396 e. The third-order valence-corrected chi connectivity index (χ3v) is 5.67. The standard InChI is InChI=1S/C15H21FN2O4S/c1-11(14(20)17-9-8-15(10-19)6-7-15)18-23(21,22)13-5-3-2-4-12(13)16/h2-5,11,18-19H,6-10H2,1H3,(H,17,20)/t11-/m0/s1. The van der Waals surface area contributed by atoms with Crippen LogP contribution in [0.15, 0.2) is 29.2 Å². The molecule has 0 spiro atoms. The first-order chi connectivity index (χ1) is 10.8. The number of aliphatic hydroxyl groups excluding tert-OH is 1. The van der Waals surface area contributed by atoms with Gasteiger partial charge in [0.2, 0.25) is 15.9 Å². The number of aliphatic hydroxyl groups is 1. The zero-order chi connectivity index (χ0) is 17.1. The number of carbonyl (C=O) groups is 1. The molecule has 128 valence electrons. The molecule has 1 aliphatic carbocycles. The van der Waals surface area contributed by atoms with Crippen LogP contribution in [0.5, 0.6) is 0 Å². The van der Waals surface area contributed by atoms with Gasteiger partial charge in [-0.15, -0.1) is 0 Å². The second-order valence-corrected chi connectivity index (χ2v) is 7.65. The van der Waals surface area contributed by atoms with Crippen LogP contribution in [0.3, 0.4) is 0 Å². The zero-order valence-electron chi connectivity index (χ0n) is 12.9. The lowest BCUT2D eigenvalue weighted by atomic mass is 10.0. The number of rotatable bonds is 8. The molecule has 1 atom stereocenters. The molecule has 8 heteroatoms. The summed E-state index contributed by atoms with van der Waals surface area (Å²) in [6.45, 7) is 1.86. The molecule has 0 aromatic heterocycles. The van der Waals surface area contributed by atoms with Gasteiger partial charge in [0.25, 0.3) is 0 Å². The molecule has 0 aliphatic heterocycles. The molecule has 0 saturated heterocycles. The van der Waals surface area contributed by atoms with Crippen molar-refractivity contribution in [2.45, 2.75) is 37.1 Å². The predicted molar refractivity (Wildman–Crippen MR) is 82.6 cm³/mol. The van der Waals surface area contributed by atoms with E-state index in [1.807, 2.05) is 0 Å². The maximum Gasteiger partial charge on any atom is 0.244 e. The van der Waals surface area contributed by atoms with Gasteiger partial charge >= 0.3 is 0 Å². The zero-order valence-corrected chi connectivity index (χ0v) is 13.7. The van der Waals surface area contributed by atoms with Crippen molar-refractivity contribution in [3.05, 3.63) is 30.1 Å². The van der Waals surface area contributed by atoms with Gasteiger partial charge in [0.15, 0.2) is 0 Å². The molecular weight excluding hydrogens is 323 g/mol. The Bertz CT molecular complexity index is 674. The minimum atomic E-state index is -4.11. The molecule has 1 aliphatic rings. The number of amides is 1. The summed E-state index contributed by atoms with van der Waals surface area (Å²) in [6.07, 6.45) is 2.53. The minimum Gasteiger partial charge on any atom is -0.396 e. The van der Waals surface area contributed by atoms with Gasteiger partial charge in [-0.05, 0) is 43.7 Å². The van der Waals surface area contributed by atoms with E-state index in [4.69, 9.17) is 0 Å². The van der Waals surface area contributed by atoms with Gasteiger partial charge in [0.05, 0.1) is 6.04 Å². The van der Waals surface area contributed by atoms with Crippen LogP contribution >= 0.6 is 0 Å².